The molecule has 0 atom stereocenters. The third-order valence-corrected chi connectivity index (χ3v) is 4.02. The number of halogens is 2. The largest absolute Gasteiger partial charge is 0.435 e. The van der Waals surface area contributed by atoms with Crippen LogP contribution in [0.4, 0.5) is 8.78 Å². The molecular formula is C19H29F2N3O2. The standard InChI is InChI=1S/C19H29F2N3O2/c1-3-22-19(23-11-4-12-25-14-16-5-6-16)24(2)13-15-7-9-17(10-8-15)26-18(20)21/h7-10,16,18H,3-6,11-14H2,1-2H3,(H,22,23). The van der Waals surface area contributed by atoms with Crippen LogP contribution in [0.2, 0.25) is 0 Å². The molecule has 1 aromatic rings. The van der Waals surface area contributed by atoms with E-state index < -0.39 is 6.61 Å². The minimum atomic E-state index is -2.80. The summed E-state index contributed by atoms with van der Waals surface area (Å²) in [5.41, 5.74) is 0.993. The van der Waals surface area contributed by atoms with Gasteiger partial charge in [0, 0.05) is 39.9 Å². The number of aliphatic imine (C=N–C) groups is 1. The minimum absolute atomic E-state index is 0.165. The molecule has 0 saturated heterocycles. The average molecular weight is 369 g/mol. The zero-order valence-electron chi connectivity index (χ0n) is 15.6. The fourth-order valence-electron chi connectivity index (χ4n) is 2.48. The van der Waals surface area contributed by atoms with Crippen LogP contribution in [0.15, 0.2) is 29.3 Å². The van der Waals surface area contributed by atoms with E-state index in [0.717, 1.165) is 43.6 Å². The number of guanidine groups is 1. The Morgan fingerprint density at radius 1 is 1.31 bits per heavy atom. The predicted molar refractivity (Wildman–Crippen MR) is 98.7 cm³/mol. The molecule has 146 valence electrons. The fraction of sp³-hybridized carbons (Fsp3) is 0.632. The third-order valence-electron chi connectivity index (χ3n) is 4.02. The molecule has 0 unspecified atom stereocenters. The van der Waals surface area contributed by atoms with E-state index in [1.54, 1.807) is 24.3 Å². The smallest absolute Gasteiger partial charge is 0.387 e. The maximum atomic E-state index is 12.2. The van der Waals surface area contributed by atoms with Crippen LogP contribution in [0.3, 0.4) is 0 Å². The van der Waals surface area contributed by atoms with Crippen LogP contribution in [0.5, 0.6) is 5.75 Å². The summed E-state index contributed by atoms with van der Waals surface area (Å²) in [7, 11) is 1.95. The van der Waals surface area contributed by atoms with Crippen LogP contribution >= 0.6 is 0 Å². The van der Waals surface area contributed by atoms with E-state index in [4.69, 9.17) is 4.74 Å². The first-order valence-corrected chi connectivity index (χ1v) is 9.19. The van der Waals surface area contributed by atoms with E-state index in [2.05, 4.69) is 15.0 Å². The van der Waals surface area contributed by atoms with Crippen molar-refractivity contribution in [3.8, 4) is 5.75 Å². The molecule has 0 bridgehead atoms. The number of hydrogen-bond acceptors (Lipinski definition) is 3. The van der Waals surface area contributed by atoms with Crippen molar-refractivity contribution >= 4 is 5.96 Å². The van der Waals surface area contributed by atoms with Gasteiger partial charge in [-0.1, -0.05) is 12.1 Å². The van der Waals surface area contributed by atoms with E-state index in [1.165, 1.54) is 12.8 Å². The summed E-state index contributed by atoms with van der Waals surface area (Å²) in [6.45, 7) is 2.96. The highest BCUT2D eigenvalue weighted by molar-refractivity contribution is 5.79. The van der Waals surface area contributed by atoms with Gasteiger partial charge in [0.2, 0.25) is 0 Å². The number of benzene rings is 1. The quantitative estimate of drug-likeness (QED) is 0.368. The molecule has 0 aromatic heterocycles. The monoisotopic (exact) mass is 369 g/mol. The predicted octanol–water partition coefficient (Wildman–Crippen LogP) is 3.50. The number of nitrogens with one attached hydrogen (secondary N) is 1. The normalized spacial score (nSPS) is 14.6. The molecule has 1 aliphatic rings. The van der Waals surface area contributed by atoms with Crippen molar-refractivity contribution in [1.29, 1.82) is 0 Å². The molecular weight excluding hydrogens is 340 g/mol. The molecule has 1 N–H and O–H groups in total. The summed E-state index contributed by atoms with van der Waals surface area (Å²) < 4.78 is 34.4. The molecule has 5 nitrogen and oxygen atoms in total. The number of rotatable bonds is 11. The summed E-state index contributed by atoms with van der Waals surface area (Å²) in [5.74, 6) is 1.78. The van der Waals surface area contributed by atoms with E-state index >= 15 is 0 Å². The van der Waals surface area contributed by atoms with Crippen LogP contribution in [0.1, 0.15) is 31.7 Å². The minimum Gasteiger partial charge on any atom is -0.435 e. The number of hydrogen-bond donors (Lipinski definition) is 1. The second kappa shape index (κ2) is 11.0. The van der Waals surface area contributed by atoms with Crippen LogP contribution < -0.4 is 10.1 Å². The second-order valence-electron chi connectivity index (χ2n) is 6.49. The Bertz CT molecular complexity index is 548. The van der Waals surface area contributed by atoms with Gasteiger partial charge in [0.1, 0.15) is 5.75 Å². The Morgan fingerprint density at radius 2 is 2.04 bits per heavy atom. The van der Waals surface area contributed by atoms with Crippen molar-refractivity contribution in [3.63, 3.8) is 0 Å². The highest BCUT2D eigenvalue weighted by Crippen LogP contribution is 2.28. The zero-order chi connectivity index (χ0) is 18.8. The summed E-state index contributed by atoms with van der Waals surface area (Å²) >= 11 is 0. The lowest BCUT2D eigenvalue weighted by Crippen LogP contribution is -2.38. The Labute approximate surface area is 154 Å². The average Bonchev–Trinajstić information content (AvgIpc) is 3.42. The molecule has 0 radical (unpaired) electrons. The van der Waals surface area contributed by atoms with Crippen molar-refractivity contribution in [3.05, 3.63) is 29.8 Å². The van der Waals surface area contributed by atoms with Gasteiger partial charge in [-0.25, -0.2) is 0 Å². The maximum Gasteiger partial charge on any atom is 0.387 e. The third kappa shape index (κ3) is 7.99. The van der Waals surface area contributed by atoms with Gasteiger partial charge in [-0.2, -0.15) is 8.78 Å². The zero-order valence-corrected chi connectivity index (χ0v) is 15.6. The van der Waals surface area contributed by atoms with Gasteiger partial charge in [-0.15, -0.1) is 0 Å². The van der Waals surface area contributed by atoms with Gasteiger partial charge in [0.25, 0.3) is 0 Å². The summed E-state index contributed by atoms with van der Waals surface area (Å²) in [4.78, 5) is 6.64. The van der Waals surface area contributed by atoms with Crippen molar-refractivity contribution in [2.45, 2.75) is 39.3 Å². The van der Waals surface area contributed by atoms with Crippen molar-refractivity contribution in [2.75, 3.05) is 33.4 Å². The first kappa shape index (κ1) is 20.4. The molecule has 0 aliphatic heterocycles. The first-order chi connectivity index (χ1) is 12.6. The Balaban J connectivity index is 1.77. The molecule has 0 heterocycles. The summed E-state index contributed by atoms with van der Waals surface area (Å²) in [6.07, 6.45) is 3.51. The molecule has 1 aliphatic carbocycles. The SMILES string of the molecule is CCNC(=NCCCOCC1CC1)N(C)Cc1ccc(OC(F)F)cc1. The summed E-state index contributed by atoms with van der Waals surface area (Å²) in [5, 5.41) is 3.27. The number of nitrogens with zero attached hydrogens (tertiary/aromatic N) is 2. The van der Waals surface area contributed by atoms with E-state index in [0.29, 0.717) is 13.1 Å². The first-order valence-electron chi connectivity index (χ1n) is 9.19. The highest BCUT2D eigenvalue weighted by atomic mass is 19.3. The van der Waals surface area contributed by atoms with Crippen LogP contribution in [-0.4, -0.2) is 50.8 Å². The molecule has 0 amide bonds. The van der Waals surface area contributed by atoms with Crippen LogP contribution in [0.25, 0.3) is 0 Å². The van der Waals surface area contributed by atoms with Gasteiger partial charge < -0.3 is 19.7 Å². The van der Waals surface area contributed by atoms with Gasteiger partial charge >= 0.3 is 6.61 Å². The lowest BCUT2D eigenvalue weighted by atomic mass is 10.2. The van der Waals surface area contributed by atoms with Gasteiger partial charge in [-0.05, 0) is 49.8 Å². The molecule has 1 saturated carbocycles. The Kier molecular flexibility index (Phi) is 8.61. The van der Waals surface area contributed by atoms with Crippen LogP contribution in [0, 0.1) is 5.92 Å². The van der Waals surface area contributed by atoms with E-state index in [9.17, 15) is 8.78 Å². The lowest BCUT2D eigenvalue weighted by molar-refractivity contribution is -0.0498. The molecule has 7 heteroatoms. The Morgan fingerprint density at radius 3 is 2.65 bits per heavy atom. The number of ether oxygens (including phenoxy) is 2. The molecule has 1 aromatic carbocycles. The van der Waals surface area contributed by atoms with Crippen molar-refractivity contribution < 1.29 is 18.3 Å². The molecule has 0 spiro atoms. The maximum absolute atomic E-state index is 12.2. The van der Waals surface area contributed by atoms with Crippen molar-refractivity contribution in [1.82, 2.24) is 10.2 Å². The topological polar surface area (TPSA) is 46.1 Å². The molecule has 1 fully saturated rings. The molecule has 26 heavy (non-hydrogen) atoms. The number of alkyl halides is 2. The summed E-state index contributed by atoms with van der Waals surface area (Å²) in [6, 6.07) is 6.67. The Hall–Kier alpha value is -1.89. The fourth-order valence-corrected chi connectivity index (χ4v) is 2.48. The van der Waals surface area contributed by atoms with Crippen LogP contribution in [-0.2, 0) is 11.3 Å². The van der Waals surface area contributed by atoms with Gasteiger partial charge in [0.15, 0.2) is 5.96 Å². The van der Waals surface area contributed by atoms with Gasteiger partial charge in [0.05, 0.1) is 0 Å². The lowest BCUT2D eigenvalue weighted by Gasteiger charge is -2.22. The highest BCUT2D eigenvalue weighted by Gasteiger charge is 2.20. The molecule has 2 rings (SSSR count). The van der Waals surface area contributed by atoms with E-state index in [-0.39, 0.29) is 5.75 Å². The second-order valence-corrected chi connectivity index (χ2v) is 6.49. The van der Waals surface area contributed by atoms with E-state index in [1.807, 2.05) is 18.9 Å². The van der Waals surface area contributed by atoms with Crippen molar-refractivity contribution in [2.24, 2.45) is 10.9 Å². The van der Waals surface area contributed by atoms with Gasteiger partial charge in [-0.3, -0.25) is 4.99 Å².